The van der Waals surface area contributed by atoms with Crippen LogP contribution >= 0.6 is 0 Å². The highest BCUT2D eigenvalue weighted by molar-refractivity contribution is 4.67. The first-order valence-electron chi connectivity index (χ1n) is 8.39. The van der Waals surface area contributed by atoms with Crippen LogP contribution in [0.1, 0.15) is 0 Å². The van der Waals surface area contributed by atoms with Gasteiger partial charge in [-0.05, 0) is 0 Å². The zero-order valence-electron chi connectivity index (χ0n) is 13.5. The van der Waals surface area contributed by atoms with Crippen molar-refractivity contribution in [2.45, 2.75) is 12.2 Å². The molecule has 8 heteroatoms. The Morgan fingerprint density at radius 2 is 0.636 bits per heavy atom. The second kappa shape index (κ2) is 14.3. The first kappa shape index (κ1) is 19.7. The number of aliphatic hydroxyl groups is 2. The molecular weight excluding hydrogens is 284 g/mol. The molecule has 0 aromatic carbocycles. The Bertz CT molecular complexity index is 203. The zero-order chi connectivity index (χ0) is 15.9. The summed E-state index contributed by atoms with van der Waals surface area (Å²) in [4.78, 5) is 0. The zero-order valence-corrected chi connectivity index (χ0v) is 13.5. The Morgan fingerprint density at radius 1 is 0.409 bits per heavy atom. The molecule has 132 valence electrons. The highest BCUT2D eigenvalue weighted by Gasteiger charge is 2.04. The van der Waals surface area contributed by atoms with Crippen molar-refractivity contribution in [3.63, 3.8) is 0 Å². The molecule has 1 aliphatic rings. The van der Waals surface area contributed by atoms with E-state index in [1.807, 2.05) is 0 Å². The summed E-state index contributed by atoms with van der Waals surface area (Å²) in [5, 5.41) is 39.1. The molecule has 1 saturated heterocycles. The first-order valence-corrected chi connectivity index (χ1v) is 8.39. The molecule has 1 fully saturated rings. The summed E-state index contributed by atoms with van der Waals surface area (Å²) in [6.45, 7) is 9.27. The van der Waals surface area contributed by atoms with Gasteiger partial charge in [-0.25, -0.2) is 0 Å². The maximum absolute atomic E-state index is 9.79. The number of hydrogen-bond acceptors (Lipinski definition) is 8. The van der Waals surface area contributed by atoms with Crippen LogP contribution < -0.4 is 31.9 Å². The Balaban J connectivity index is 2.15. The van der Waals surface area contributed by atoms with Crippen LogP contribution in [0.4, 0.5) is 0 Å². The standard InChI is InChI=1S/C14H34N6O2/c21-13-9-17-5-1-15-2-6-18-11-14(22)12-20-8-4-16-3-7-19-10-13/h13-22H,1-12H2. The van der Waals surface area contributed by atoms with E-state index in [2.05, 4.69) is 31.9 Å². The molecule has 0 saturated carbocycles. The number of rotatable bonds is 0. The van der Waals surface area contributed by atoms with Gasteiger partial charge in [-0.1, -0.05) is 0 Å². The van der Waals surface area contributed by atoms with Crippen LogP contribution in [-0.4, -0.2) is 101 Å². The van der Waals surface area contributed by atoms with Crippen LogP contribution in [0.25, 0.3) is 0 Å². The fraction of sp³-hybridized carbons (Fsp3) is 1.00. The van der Waals surface area contributed by atoms with Crippen molar-refractivity contribution in [3.05, 3.63) is 0 Å². The Morgan fingerprint density at radius 3 is 0.909 bits per heavy atom. The first-order chi connectivity index (χ1) is 10.8. The van der Waals surface area contributed by atoms with Gasteiger partial charge in [0.15, 0.2) is 0 Å². The third-order valence-electron chi connectivity index (χ3n) is 3.43. The summed E-state index contributed by atoms with van der Waals surface area (Å²) in [5.41, 5.74) is 0. The summed E-state index contributed by atoms with van der Waals surface area (Å²) in [5.74, 6) is 0. The van der Waals surface area contributed by atoms with Crippen LogP contribution in [0.2, 0.25) is 0 Å². The second-order valence-corrected chi connectivity index (χ2v) is 5.62. The van der Waals surface area contributed by atoms with Gasteiger partial charge in [0, 0.05) is 78.5 Å². The minimum absolute atomic E-state index is 0.351. The van der Waals surface area contributed by atoms with Crippen molar-refractivity contribution >= 4 is 0 Å². The predicted molar refractivity (Wildman–Crippen MR) is 89.2 cm³/mol. The quantitative estimate of drug-likeness (QED) is 0.230. The highest BCUT2D eigenvalue weighted by atomic mass is 16.3. The lowest BCUT2D eigenvalue weighted by Gasteiger charge is -2.15. The molecule has 0 unspecified atom stereocenters. The second-order valence-electron chi connectivity index (χ2n) is 5.62. The maximum Gasteiger partial charge on any atom is 0.0788 e. The van der Waals surface area contributed by atoms with E-state index in [0.717, 1.165) is 52.4 Å². The predicted octanol–water partition coefficient (Wildman–Crippen LogP) is -3.74. The largest absolute Gasteiger partial charge is 0.390 e. The smallest absolute Gasteiger partial charge is 0.0788 e. The fourth-order valence-corrected chi connectivity index (χ4v) is 2.18. The van der Waals surface area contributed by atoms with E-state index in [9.17, 15) is 10.2 Å². The molecule has 0 aliphatic carbocycles. The molecule has 22 heavy (non-hydrogen) atoms. The van der Waals surface area contributed by atoms with Crippen LogP contribution in [0, 0.1) is 0 Å². The molecule has 0 amide bonds. The van der Waals surface area contributed by atoms with Gasteiger partial charge in [0.25, 0.3) is 0 Å². The highest BCUT2D eigenvalue weighted by Crippen LogP contribution is 1.79. The topological polar surface area (TPSA) is 113 Å². The van der Waals surface area contributed by atoms with Crippen molar-refractivity contribution in [3.8, 4) is 0 Å². The lowest BCUT2D eigenvalue weighted by Crippen LogP contribution is -2.42. The molecule has 0 radical (unpaired) electrons. The molecule has 1 rings (SSSR count). The molecule has 1 heterocycles. The van der Waals surface area contributed by atoms with E-state index in [-0.39, 0.29) is 12.2 Å². The fourth-order valence-electron chi connectivity index (χ4n) is 2.18. The lowest BCUT2D eigenvalue weighted by molar-refractivity contribution is 0.168. The van der Waals surface area contributed by atoms with E-state index >= 15 is 0 Å². The average molecular weight is 318 g/mol. The lowest BCUT2D eigenvalue weighted by atomic mass is 10.3. The summed E-state index contributed by atoms with van der Waals surface area (Å²) >= 11 is 0. The van der Waals surface area contributed by atoms with E-state index in [4.69, 9.17) is 0 Å². The van der Waals surface area contributed by atoms with Crippen molar-refractivity contribution < 1.29 is 10.2 Å². The number of β-amino-alcohol motifs (C(OH)–C–C–N with tert-alkyl or cyclic N) is 2. The molecule has 0 bridgehead atoms. The Hall–Kier alpha value is -0.320. The van der Waals surface area contributed by atoms with Gasteiger partial charge < -0.3 is 42.1 Å². The van der Waals surface area contributed by atoms with Gasteiger partial charge in [0.2, 0.25) is 0 Å². The summed E-state index contributed by atoms with van der Waals surface area (Å²) in [7, 11) is 0. The van der Waals surface area contributed by atoms with Gasteiger partial charge >= 0.3 is 0 Å². The van der Waals surface area contributed by atoms with Gasteiger partial charge in [-0.15, -0.1) is 0 Å². The minimum Gasteiger partial charge on any atom is -0.390 e. The van der Waals surface area contributed by atoms with Gasteiger partial charge in [-0.2, -0.15) is 0 Å². The maximum atomic E-state index is 9.79. The van der Waals surface area contributed by atoms with Crippen LogP contribution in [0.15, 0.2) is 0 Å². The van der Waals surface area contributed by atoms with E-state index in [1.54, 1.807) is 0 Å². The van der Waals surface area contributed by atoms with Crippen molar-refractivity contribution in [2.75, 3.05) is 78.5 Å². The molecular formula is C14H34N6O2. The van der Waals surface area contributed by atoms with Crippen LogP contribution in [0.3, 0.4) is 0 Å². The third-order valence-corrected chi connectivity index (χ3v) is 3.43. The van der Waals surface area contributed by atoms with E-state index in [1.165, 1.54) is 0 Å². The average Bonchev–Trinajstić information content (AvgIpc) is 2.50. The van der Waals surface area contributed by atoms with Gasteiger partial charge in [0.05, 0.1) is 12.2 Å². The minimum atomic E-state index is -0.351. The van der Waals surface area contributed by atoms with Crippen LogP contribution in [-0.2, 0) is 0 Å². The summed E-state index contributed by atoms with van der Waals surface area (Å²) < 4.78 is 0. The van der Waals surface area contributed by atoms with E-state index in [0.29, 0.717) is 26.2 Å². The molecule has 8 nitrogen and oxygen atoms in total. The normalized spacial score (nSPS) is 29.7. The molecule has 0 atom stereocenters. The summed E-state index contributed by atoms with van der Waals surface area (Å²) in [6.07, 6.45) is -0.703. The third kappa shape index (κ3) is 12.2. The SMILES string of the molecule is OC1CNCCNCCNCC(O)CNCCNCCNC1. The molecule has 0 aromatic rings. The number of hydrogen-bond donors (Lipinski definition) is 8. The van der Waals surface area contributed by atoms with Gasteiger partial charge in [0.1, 0.15) is 0 Å². The molecule has 1 aliphatic heterocycles. The van der Waals surface area contributed by atoms with Crippen molar-refractivity contribution in [2.24, 2.45) is 0 Å². The van der Waals surface area contributed by atoms with Crippen molar-refractivity contribution in [1.82, 2.24) is 31.9 Å². The molecule has 0 aromatic heterocycles. The van der Waals surface area contributed by atoms with Crippen LogP contribution in [0.5, 0.6) is 0 Å². The Labute approximate surface area is 133 Å². The molecule has 0 spiro atoms. The monoisotopic (exact) mass is 318 g/mol. The van der Waals surface area contributed by atoms with Crippen molar-refractivity contribution in [1.29, 1.82) is 0 Å². The Kier molecular flexibility index (Phi) is 12.8. The number of nitrogens with one attached hydrogen (secondary N) is 6. The summed E-state index contributed by atoms with van der Waals surface area (Å²) in [6, 6.07) is 0. The van der Waals surface area contributed by atoms with Gasteiger partial charge in [-0.3, -0.25) is 0 Å². The molecule has 8 N–H and O–H groups in total. The number of aliphatic hydroxyl groups excluding tert-OH is 2. The van der Waals surface area contributed by atoms with E-state index < -0.39 is 0 Å².